The zero-order valence-electron chi connectivity index (χ0n) is 12.0. The molecule has 3 rings (SSSR count). The summed E-state index contributed by atoms with van der Waals surface area (Å²) in [5.74, 6) is 0.487. The molecule has 0 aliphatic heterocycles. The summed E-state index contributed by atoms with van der Waals surface area (Å²) in [6.45, 7) is 0. The fourth-order valence-corrected chi connectivity index (χ4v) is 3.09. The molecule has 0 aliphatic rings. The first kappa shape index (κ1) is 14.5. The lowest BCUT2D eigenvalue weighted by molar-refractivity contribution is -0.120. The minimum atomic E-state index is -0.287. The van der Waals surface area contributed by atoms with Gasteiger partial charge < -0.3 is 5.32 Å². The number of hydrogen-bond acceptors (Lipinski definition) is 5. The van der Waals surface area contributed by atoms with E-state index in [1.54, 1.807) is 30.0 Å². The van der Waals surface area contributed by atoms with Crippen LogP contribution in [0.5, 0.6) is 0 Å². The van der Waals surface area contributed by atoms with Crippen molar-refractivity contribution in [1.29, 1.82) is 0 Å². The van der Waals surface area contributed by atoms with Crippen molar-refractivity contribution in [2.45, 2.75) is 16.8 Å². The summed E-state index contributed by atoms with van der Waals surface area (Å²) in [5.41, 5.74) is 1.10. The zero-order chi connectivity index (χ0) is 15.4. The topological polar surface area (TPSA) is 72.2 Å². The molecule has 22 heavy (non-hydrogen) atoms. The van der Waals surface area contributed by atoms with Crippen LogP contribution in [0.2, 0.25) is 0 Å². The number of rotatable bonds is 5. The van der Waals surface area contributed by atoms with Crippen LogP contribution in [0.3, 0.4) is 0 Å². The van der Waals surface area contributed by atoms with Crippen molar-refractivity contribution < 1.29 is 4.79 Å². The molecule has 1 N–H and O–H groups in total. The summed E-state index contributed by atoms with van der Waals surface area (Å²) < 4.78 is 1.60. The molecule has 1 atom stereocenters. The monoisotopic (exact) mass is 313 g/mol. The molecule has 2 heterocycles. The van der Waals surface area contributed by atoms with Crippen molar-refractivity contribution in [3.63, 3.8) is 0 Å². The summed E-state index contributed by atoms with van der Waals surface area (Å²) in [7, 11) is 1.64. The summed E-state index contributed by atoms with van der Waals surface area (Å²) in [6.07, 6.45) is 4.07. The average Bonchev–Trinajstić information content (AvgIpc) is 2.97. The number of benzene rings is 1. The van der Waals surface area contributed by atoms with Crippen molar-refractivity contribution in [3.8, 4) is 0 Å². The van der Waals surface area contributed by atoms with Gasteiger partial charge in [-0.2, -0.15) is 4.98 Å². The highest BCUT2D eigenvalue weighted by atomic mass is 32.2. The molecule has 1 amide bonds. The minimum absolute atomic E-state index is 0.0410. The SMILES string of the molecule is CNC(=O)C(Cc1ccccc1)Sc1nc2ncccn2n1. The van der Waals surface area contributed by atoms with Crippen LogP contribution in [0.25, 0.3) is 5.78 Å². The van der Waals surface area contributed by atoms with Crippen molar-refractivity contribution in [3.05, 3.63) is 54.4 Å². The van der Waals surface area contributed by atoms with Gasteiger partial charge in [0.05, 0.1) is 5.25 Å². The summed E-state index contributed by atoms with van der Waals surface area (Å²) in [6, 6.07) is 11.7. The van der Waals surface area contributed by atoms with E-state index in [9.17, 15) is 4.79 Å². The van der Waals surface area contributed by atoms with Crippen LogP contribution in [-0.4, -0.2) is 37.8 Å². The van der Waals surface area contributed by atoms with Crippen molar-refractivity contribution in [2.75, 3.05) is 7.05 Å². The normalized spacial score (nSPS) is 12.2. The van der Waals surface area contributed by atoms with Crippen molar-refractivity contribution in [1.82, 2.24) is 24.9 Å². The molecule has 0 radical (unpaired) electrons. The van der Waals surface area contributed by atoms with Crippen LogP contribution >= 0.6 is 11.8 Å². The predicted octanol–water partition coefficient (Wildman–Crippen LogP) is 1.57. The number of nitrogens with zero attached hydrogens (tertiary/aromatic N) is 4. The number of thioether (sulfide) groups is 1. The zero-order valence-corrected chi connectivity index (χ0v) is 12.8. The molecule has 0 bridgehead atoms. The first-order chi connectivity index (χ1) is 10.8. The molecule has 0 fully saturated rings. The molecule has 0 saturated heterocycles. The number of aromatic nitrogens is 4. The number of amides is 1. The molecule has 3 aromatic rings. The number of carbonyl (C=O) groups is 1. The van der Waals surface area contributed by atoms with Gasteiger partial charge in [0, 0.05) is 19.4 Å². The Hall–Kier alpha value is -2.41. The van der Waals surface area contributed by atoms with E-state index in [1.165, 1.54) is 11.8 Å². The Morgan fingerprint density at radius 3 is 2.86 bits per heavy atom. The van der Waals surface area contributed by atoms with E-state index in [0.717, 1.165) is 5.56 Å². The van der Waals surface area contributed by atoms with Crippen LogP contribution in [-0.2, 0) is 11.2 Å². The van der Waals surface area contributed by atoms with E-state index >= 15 is 0 Å². The second kappa shape index (κ2) is 6.57. The van der Waals surface area contributed by atoms with E-state index in [1.807, 2.05) is 30.3 Å². The Bertz CT molecular complexity index is 741. The maximum absolute atomic E-state index is 12.1. The third-order valence-electron chi connectivity index (χ3n) is 3.15. The first-order valence-electron chi connectivity index (χ1n) is 6.86. The van der Waals surface area contributed by atoms with Crippen LogP contribution in [0.4, 0.5) is 0 Å². The minimum Gasteiger partial charge on any atom is -0.358 e. The van der Waals surface area contributed by atoms with Gasteiger partial charge in [-0.3, -0.25) is 4.79 Å². The lowest BCUT2D eigenvalue weighted by Gasteiger charge is -2.13. The second-order valence-corrected chi connectivity index (χ2v) is 5.84. The van der Waals surface area contributed by atoms with Gasteiger partial charge in [0.2, 0.25) is 11.1 Å². The Kier molecular flexibility index (Phi) is 4.34. The third kappa shape index (κ3) is 3.25. The van der Waals surface area contributed by atoms with E-state index < -0.39 is 0 Å². The maximum Gasteiger partial charge on any atom is 0.253 e. The van der Waals surface area contributed by atoms with Crippen LogP contribution in [0, 0.1) is 0 Å². The number of carbonyl (C=O) groups excluding carboxylic acids is 1. The largest absolute Gasteiger partial charge is 0.358 e. The summed E-state index contributed by atoms with van der Waals surface area (Å²) in [5, 5.41) is 7.30. The second-order valence-electron chi connectivity index (χ2n) is 4.67. The lowest BCUT2D eigenvalue weighted by Crippen LogP contribution is -2.31. The van der Waals surface area contributed by atoms with E-state index in [4.69, 9.17) is 0 Å². The smallest absolute Gasteiger partial charge is 0.253 e. The van der Waals surface area contributed by atoms with Gasteiger partial charge in [-0.05, 0) is 18.1 Å². The van der Waals surface area contributed by atoms with Gasteiger partial charge in [-0.25, -0.2) is 9.50 Å². The van der Waals surface area contributed by atoms with Gasteiger partial charge in [-0.15, -0.1) is 5.10 Å². The van der Waals surface area contributed by atoms with E-state index in [-0.39, 0.29) is 11.2 Å². The third-order valence-corrected chi connectivity index (χ3v) is 4.20. The van der Waals surface area contributed by atoms with Gasteiger partial charge in [-0.1, -0.05) is 42.1 Å². The lowest BCUT2D eigenvalue weighted by atomic mass is 10.1. The highest BCUT2D eigenvalue weighted by molar-refractivity contribution is 8.00. The highest BCUT2D eigenvalue weighted by Gasteiger charge is 2.21. The molecular formula is C15H15N5OS. The first-order valence-corrected chi connectivity index (χ1v) is 7.74. The highest BCUT2D eigenvalue weighted by Crippen LogP contribution is 2.23. The fraction of sp³-hybridized carbons (Fsp3) is 0.200. The molecule has 1 unspecified atom stereocenters. The van der Waals surface area contributed by atoms with Gasteiger partial charge in [0.1, 0.15) is 0 Å². The van der Waals surface area contributed by atoms with Gasteiger partial charge >= 0.3 is 0 Å². The molecule has 0 aliphatic carbocycles. The number of hydrogen-bond donors (Lipinski definition) is 1. The van der Waals surface area contributed by atoms with E-state index in [2.05, 4.69) is 20.4 Å². The Morgan fingerprint density at radius 1 is 1.32 bits per heavy atom. The molecule has 0 saturated carbocycles. The maximum atomic E-state index is 12.1. The van der Waals surface area contributed by atoms with Crippen LogP contribution < -0.4 is 5.32 Å². The Balaban J connectivity index is 1.81. The molecule has 2 aromatic heterocycles. The number of fused-ring (bicyclic) bond motifs is 1. The van der Waals surface area contributed by atoms with E-state index in [0.29, 0.717) is 17.4 Å². The predicted molar refractivity (Wildman–Crippen MR) is 84.6 cm³/mol. The van der Waals surface area contributed by atoms with Gasteiger partial charge in [0.25, 0.3) is 5.78 Å². The molecular weight excluding hydrogens is 298 g/mol. The number of nitrogens with one attached hydrogen (secondary N) is 1. The Labute approximate surface area is 132 Å². The average molecular weight is 313 g/mol. The molecule has 1 aromatic carbocycles. The van der Waals surface area contributed by atoms with Crippen molar-refractivity contribution >= 4 is 23.4 Å². The van der Waals surface area contributed by atoms with Crippen LogP contribution in [0.1, 0.15) is 5.56 Å². The molecule has 7 heteroatoms. The summed E-state index contributed by atoms with van der Waals surface area (Å²) >= 11 is 1.35. The standard InChI is InChI=1S/C15H15N5OS/c1-16-13(21)12(10-11-6-3-2-4-7-11)22-15-18-14-17-8-5-9-20(14)19-15/h2-9,12H,10H2,1H3,(H,16,21). The Morgan fingerprint density at radius 2 is 2.14 bits per heavy atom. The quantitative estimate of drug-likeness (QED) is 0.724. The van der Waals surface area contributed by atoms with Crippen molar-refractivity contribution in [2.24, 2.45) is 0 Å². The molecule has 6 nitrogen and oxygen atoms in total. The molecule has 112 valence electrons. The fourth-order valence-electron chi connectivity index (χ4n) is 2.07. The van der Waals surface area contributed by atoms with Gasteiger partial charge in [0.15, 0.2) is 0 Å². The summed E-state index contributed by atoms with van der Waals surface area (Å²) in [4.78, 5) is 20.6. The molecule has 0 spiro atoms. The van der Waals surface area contributed by atoms with Crippen LogP contribution in [0.15, 0.2) is 53.9 Å².